The fraction of sp³-hybridized carbons (Fsp3) is 1.00. The Bertz CT molecular complexity index is 180. The zero-order valence-corrected chi connectivity index (χ0v) is 10.2. The summed E-state index contributed by atoms with van der Waals surface area (Å²) in [7, 11) is 0. The Labute approximate surface area is 98.5 Å². The van der Waals surface area contributed by atoms with Crippen molar-refractivity contribution in [3.05, 3.63) is 0 Å². The quantitative estimate of drug-likeness (QED) is 0.560. The molecule has 3 heteroatoms. The number of aliphatic hydroxyl groups is 3. The van der Waals surface area contributed by atoms with Crippen molar-refractivity contribution in [3.8, 4) is 0 Å². The molecule has 1 rings (SSSR count). The van der Waals surface area contributed by atoms with E-state index in [4.69, 9.17) is 0 Å². The van der Waals surface area contributed by atoms with Crippen LogP contribution in [-0.4, -0.2) is 27.2 Å². The highest BCUT2D eigenvalue weighted by atomic mass is 16.5. The van der Waals surface area contributed by atoms with Crippen molar-refractivity contribution in [2.45, 2.75) is 82.5 Å². The van der Waals surface area contributed by atoms with E-state index in [0.717, 1.165) is 25.7 Å². The maximum Gasteiger partial charge on any atom is 0.189 e. The van der Waals surface area contributed by atoms with Gasteiger partial charge in [-0.15, -0.1) is 0 Å². The number of rotatable bonds is 0. The molecule has 1 saturated carbocycles. The molecule has 3 nitrogen and oxygen atoms in total. The highest BCUT2D eigenvalue weighted by Gasteiger charge is 2.31. The molecule has 0 heterocycles. The molecule has 1 aliphatic carbocycles. The second-order valence-electron chi connectivity index (χ2n) is 5.12. The summed E-state index contributed by atoms with van der Waals surface area (Å²) in [5.41, 5.74) is 0. The molecule has 0 saturated heterocycles. The maximum absolute atomic E-state index is 9.70. The second-order valence-corrected chi connectivity index (χ2v) is 5.12. The van der Waals surface area contributed by atoms with Crippen LogP contribution >= 0.6 is 0 Å². The summed E-state index contributed by atoms with van der Waals surface area (Å²) in [6.45, 7) is 0. The van der Waals surface area contributed by atoms with E-state index >= 15 is 0 Å². The van der Waals surface area contributed by atoms with Crippen LogP contribution in [0.5, 0.6) is 0 Å². The van der Waals surface area contributed by atoms with E-state index in [-0.39, 0.29) is 0 Å². The molecule has 1 unspecified atom stereocenters. The standard InChI is InChI=1S/C13H26O3/c14-12-10-8-6-4-2-1-3-5-7-9-11-13(12,15)16/h12,14-16H,1-11H2. The summed E-state index contributed by atoms with van der Waals surface area (Å²) >= 11 is 0. The average Bonchev–Trinajstić information content (AvgIpc) is 2.25. The van der Waals surface area contributed by atoms with Crippen LogP contribution < -0.4 is 0 Å². The van der Waals surface area contributed by atoms with Crippen LogP contribution in [0.4, 0.5) is 0 Å². The van der Waals surface area contributed by atoms with Gasteiger partial charge >= 0.3 is 0 Å². The van der Waals surface area contributed by atoms with E-state index < -0.39 is 11.9 Å². The Morgan fingerprint density at radius 1 is 0.688 bits per heavy atom. The van der Waals surface area contributed by atoms with Gasteiger partial charge in [0.1, 0.15) is 6.10 Å². The number of hydrogen-bond acceptors (Lipinski definition) is 3. The van der Waals surface area contributed by atoms with Crippen LogP contribution in [0.3, 0.4) is 0 Å². The predicted octanol–water partition coefficient (Wildman–Crippen LogP) is 2.33. The van der Waals surface area contributed by atoms with Crippen molar-refractivity contribution in [2.75, 3.05) is 0 Å². The average molecular weight is 230 g/mol. The van der Waals surface area contributed by atoms with Crippen molar-refractivity contribution in [1.29, 1.82) is 0 Å². The van der Waals surface area contributed by atoms with E-state index in [2.05, 4.69) is 0 Å². The summed E-state index contributed by atoms with van der Waals surface area (Å²) in [4.78, 5) is 0. The van der Waals surface area contributed by atoms with E-state index in [1.807, 2.05) is 0 Å². The lowest BCUT2D eigenvalue weighted by molar-refractivity contribution is -0.230. The van der Waals surface area contributed by atoms with Gasteiger partial charge in [0.2, 0.25) is 0 Å². The fourth-order valence-corrected chi connectivity index (χ4v) is 2.36. The van der Waals surface area contributed by atoms with Crippen LogP contribution in [0.15, 0.2) is 0 Å². The lowest BCUT2D eigenvalue weighted by Crippen LogP contribution is -2.42. The van der Waals surface area contributed by atoms with Crippen LogP contribution in [-0.2, 0) is 0 Å². The van der Waals surface area contributed by atoms with Gasteiger partial charge in [0, 0.05) is 6.42 Å². The first kappa shape index (κ1) is 13.9. The SMILES string of the molecule is OC1CCCCCCCCCCCC1(O)O. The molecule has 0 bridgehead atoms. The van der Waals surface area contributed by atoms with Crippen LogP contribution in [0.2, 0.25) is 0 Å². The molecule has 1 aliphatic rings. The van der Waals surface area contributed by atoms with Gasteiger partial charge in [-0.3, -0.25) is 0 Å². The van der Waals surface area contributed by atoms with Crippen molar-refractivity contribution in [2.24, 2.45) is 0 Å². The molecular weight excluding hydrogens is 204 g/mol. The van der Waals surface area contributed by atoms with Gasteiger partial charge in [0.15, 0.2) is 5.79 Å². The zero-order chi connectivity index (χ0) is 11.9. The molecule has 96 valence electrons. The Morgan fingerprint density at radius 2 is 1.12 bits per heavy atom. The van der Waals surface area contributed by atoms with Crippen molar-refractivity contribution in [1.82, 2.24) is 0 Å². The van der Waals surface area contributed by atoms with Gasteiger partial charge in [0.25, 0.3) is 0 Å². The molecular formula is C13H26O3. The molecule has 3 N–H and O–H groups in total. The van der Waals surface area contributed by atoms with E-state index in [9.17, 15) is 15.3 Å². The fourth-order valence-electron chi connectivity index (χ4n) is 2.36. The Morgan fingerprint density at radius 3 is 1.69 bits per heavy atom. The normalized spacial score (nSPS) is 29.8. The first-order chi connectivity index (χ1) is 7.63. The monoisotopic (exact) mass is 230 g/mol. The van der Waals surface area contributed by atoms with Crippen molar-refractivity contribution in [3.63, 3.8) is 0 Å². The Balaban J connectivity index is 2.37. The molecule has 1 fully saturated rings. The third kappa shape index (κ3) is 5.28. The maximum atomic E-state index is 9.70. The van der Waals surface area contributed by atoms with E-state index in [0.29, 0.717) is 12.8 Å². The summed E-state index contributed by atoms with van der Waals surface area (Å²) < 4.78 is 0. The smallest absolute Gasteiger partial charge is 0.189 e. The summed E-state index contributed by atoms with van der Waals surface area (Å²) in [5, 5.41) is 29.1. The molecule has 0 aliphatic heterocycles. The minimum Gasteiger partial charge on any atom is -0.388 e. The summed E-state index contributed by atoms with van der Waals surface area (Å²) in [5.74, 6) is -1.87. The van der Waals surface area contributed by atoms with Crippen LogP contribution in [0, 0.1) is 0 Å². The van der Waals surface area contributed by atoms with Gasteiger partial charge in [-0.1, -0.05) is 51.4 Å². The Kier molecular flexibility index (Phi) is 6.32. The molecule has 0 amide bonds. The van der Waals surface area contributed by atoms with Crippen LogP contribution in [0.1, 0.15) is 70.6 Å². The molecule has 0 aromatic rings. The van der Waals surface area contributed by atoms with Crippen LogP contribution in [0.25, 0.3) is 0 Å². The highest BCUT2D eigenvalue weighted by Crippen LogP contribution is 2.22. The molecule has 0 radical (unpaired) electrons. The van der Waals surface area contributed by atoms with Gasteiger partial charge in [-0.25, -0.2) is 0 Å². The predicted molar refractivity (Wildman–Crippen MR) is 64.0 cm³/mol. The van der Waals surface area contributed by atoms with Gasteiger partial charge in [-0.05, 0) is 12.8 Å². The third-order valence-corrected chi connectivity index (χ3v) is 3.56. The Hall–Kier alpha value is -0.120. The molecule has 0 aromatic carbocycles. The van der Waals surface area contributed by atoms with E-state index in [1.54, 1.807) is 0 Å². The van der Waals surface area contributed by atoms with E-state index in [1.165, 1.54) is 32.1 Å². The molecule has 1 atom stereocenters. The van der Waals surface area contributed by atoms with Crippen molar-refractivity contribution >= 4 is 0 Å². The lowest BCUT2D eigenvalue weighted by atomic mass is 9.98. The first-order valence-corrected chi connectivity index (χ1v) is 6.76. The lowest BCUT2D eigenvalue weighted by Gasteiger charge is -2.27. The zero-order valence-electron chi connectivity index (χ0n) is 10.2. The van der Waals surface area contributed by atoms with Gasteiger partial charge < -0.3 is 15.3 Å². The molecule has 16 heavy (non-hydrogen) atoms. The second kappa shape index (κ2) is 7.25. The van der Waals surface area contributed by atoms with Gasteiger partial charge in [0.05, 0.1) is 0 Å². The minimum atomic E-state index is -1.87. The highest BCUT2D eigenvalue weighted by molar-refractivity contribution is 4.75. The first-order valence-electron chi connectivity index (χ1n) is 6.76. The molecule has 0 aromatic heterocycles. The number of hydrogen-bond donors (Lipinski definition) is 3. The minimum absolute atomic E-state index is 0.300. The topological polar surface area (TPSA) is 60.7 Å². The van der Waals surface area contributed by atoms with Gasteiger partial charge in [-0.2, -0.15) is 0 Å². The number of aliphatic hydroxyl groups excluding tert-OH is 1. The molecule has 0 spiro atoms. The summed E-state index contributed by atoms with van der Waals surface area (Å²) in [6.07, 6.45) is 9.85. The summed E-state index contributed by atoms with van der Waals surface area (Å²) in [6, 6.07) is 0. The van der Waals surface area contributed by atoms with Crippen molar-refractivity contribution < 1.29 is 15.3 Å². The third-order valence-electron chi connectivity index (χ3n) is 3.56. The largest absolute Gasteiger partial charge is 0.388 e.